The van der Waals surface area contributed by atoms with Crippen molar-refractivity contribution in [3.8, 4) is 5.75 Å². The molecule has 0 amide bonds. The van der Waals surface area contributed by atoms with E-state index in [1.54, 1.807) is 0 Å². The first-order valence-corrected chi connectivity index (χ1v) is 5.29. The number of hydrogen-bond acceptors (Lipinski definition) is 2. The molecule has 0 aliphatic carbocycles. The van der Waals surface area contributed by atoms with Gasteiger partial charge in [-0.05, 0) is 32.0 Å². The van der Waals surface area contributed by atoms with Gasteiger partial charge in [0.2, 0.25) is 0 Å². The average Bonchev–Trinajstić information content (AvgIpc) is 2.17. The number of fused-ring (bicyclic) bond motifs is 1. The topological polar surface area (TPSA) is 12.5 Å². The lowest BCUT2D eigenvalue weighted by atomic mass is 10.2. The van der Waals surface area contributed by atoms with Crippen LogP contribution in [0.5, 0.6) is 5.75 Å². The summed E-state index contributed by atoms with van der Waals surface area (Å²) in [7, 11) is 0. The van der Waals surface area contributed by atoms with Crippen LogP contribution < -0.4 is 9.64 Å². The van der Waals surface area contributed by atoms with Crippen LogP contribution in [0.15, 0.2) is 18.2 Å². The number of anilines is 1. The molecule has 1 aromatic rings. The van der Waals surface area contributed by atoms with E-state index >= 15 is 0 Å². The van der Waals surface area contributed by atoms with E-state index in [4.69, 9.17) is 16.3 Å². The first kappa shape index (κ1) is 9.66. The second kappa shape index (κ2) is 3.70. The van der Waals surface area contributed by atoms with Crippen LogP contribution in [-0.4, -0.2) is 19.2 Å². The number of likely N-dealkylation sites (N-methyl/N-ethyl adjacent to an activating group) is 1. The lowest BCUT2D eigenvalue weighted by Crippen LogP contribution is -2.38. The van der Waals surface area contributed by atoms with Gasteiger partial charge in [-0.25, -0.2) is 0 Å². The molecule has 0 spiro atoms. The maximum atomic E-state index is 5.95. The summed E-state index contributed by atoms with van der Waals surface area (Å²) in [6.07, 6.45) is 0.253. The fourth-order valence-electron chi connectivity index (χ4n) is 1.80. The molecule has 1 atom stereocenters. The molecule has 0 bridgehead atoms. The SMILES string of the molecule is CCN1C[C@H](C)Oc2ccc(Cl)cc21. The van der Waals surface area contributed by atoms with Crippen LogP contribution in [0.2, 0.25) is 5.02 Å². The Kier molecular flexibility index (Phi) is 2.55. The average molecular weight is 212 g/mol. The lowest BCUT2D eigenvalue weighted by Gasteiger charge is -2.34. The van der Waals surface area contributed by atoms with Gasteiger partial charge in [0.1, 0.15) is 11.9 Å². The second-order valence-electron chi connectivity index (χ2n) is 3.58. The molecule has 0 radical (unpaired) electrons. The van der Waals surface area contributed by atoms with Gasteiger partial charge in [-0.1, -0.05) is 11.6 Å². The Bertz CT molecular complexity index is 340. The number of rotatable bonds is 1. The summed E-state index contributed by atoms with van der Waals surface area (Å²) in [6.45, 7) is 6.15. The quantitative estimate of drug-likeness (QED) is 0.708. The molecular formula is C11H14ClNO. The van der Waals surface area contributed by atoms with Gasteiger partial charge in [0.05, 0.1) is 12.2 Å². The van der Waals surface area contributed by atoms with E-state index in [1.165, 1.54) is 0 Å². The van der Waals surface area contributed by atoms with E-state index in [0.717, 1.165) is 29.5 Å². The Balaban J connectivity index is 2.41. The molecule has 0 saturated carbocycles. The maximum Gasteiger partial charge on any atom is 0.143 e. The lowest BCUT2D eigenvalue weighted by molar-refractivity contribution is 0.213. The minimum Gasteiger partial charge on any atom is -0.487 e. The van der Waals surface area contributed by atoms with Gasteiger partial charge in [-0.2, -0.15) is 0 Å². The summed E-state index contributed by atoms with van der Waals surface area (Å²) >= 11 is 5.95. The van der Waals surface area contributed by atoms with Gasteiger partial charge >= 0.3 is 0 Å². The van der Waals surface area contributed by atoms with Gasteiger partial charge in [-0.3, -0.25) is 0 Å². The van der Waals surface area contributed by atoms with E-state index in [1.807, 2.05) is 18.2 Å². The van der Waals surface area contributed by atoms with E-state index in [0.29, 0.717) is 0 Å². The molecule has 0 aromatic heterocycles. The van der Waals surface area contributed by atoms with Crippen LogP contribution in [0.3, 0.4) is 0 Å². The van der Waals surface area contributed by atoms with Crippen molar-refractivity contribution in [1.82, 2.24) is 0 Å². The third-order valence-corrected chi connectivity index (χ3v) is 2.68. The van der Waals surface area contributed by atoms with Crippen molar-refractivity contribution in [3.05, 3.63) is 23.2 Å². The highest BCUT2D eigenvalue weighted by Crippen LogP contribution is 2.35. The van der Waals surface area contributed by atoms with Gasteiger partial charge in [0.15, 0.2) is 0 Å². The molecule has 2 rings (SSSR count). The van der Waals surface area contributed by atoms with Crippen molar-refractivity contribution in [2.24, 2.45) is 0 Å². The maximum absolute atomic E-state index is 5.95. The van der Waals surface area contributed by atoms with Crippen LogP contribution in [0, 0.1) is 0 Å². The van der Waals surface area contributed by atoms with Gasteiger partial charge in [-0.15, -0.1) is 0 Å². The first-order valence-electron chi connectivity index (χ1n) is 4.92. The minimum absolute atomic E-state index is 0.253. The highest BCUT2D eigenvalue weighted by atomic mass is 35.5. The van der Waals surface area contributed by atoms with Crippen molar-refractivity contribution in [1.29, 1.82) is 0 Å². The third kappa shape index (κ3) is 1.67. The molecule has 14 heavy (non-hydrogen) atoms. The van der Waals surface area contributed by atoms with Crippen LogP contribution in [0.1, 0.15) is 13.8 Å². The van der Waals surface area contributed by atoms with E-state index in [9.17, 15) is 0 Å². The van der Waals surface area contributed by atoms with Crippen LogP contribution in [0.25, 0.3) is 0 Å². The molecular weight excluding hydrogens is 198 g/mol. The Morgan fingerprint density at radius 2 is 2.36 bits per heavy atom. The van der Waals surface area contributed by atoms with Crippen LogP contribution >= 0.6 is 11.6 Å². The highest BCUT2D eigenvalue weighted by Gasteiger charge is 2.21. The Morgan fingerprint density at radius 1 is 1.57 bits per heavy atom. The smallest absolute Gasteiger partial charge is 0.143 e. The number of halogens is 1. The zero-order valence-electron chi connectivity index (χ0n) is 8.46. The summed E-state index contributed by atoms with van der Waals surface area (Å²) in [6, 6.07) is 5.77. The fourth-order valence-corrected chi connectivity index (χ4v) is 1.97. The number of ether oxygens (including phenoxy) is 1. The first-order chi connectivity index (χ1) is 6.70. The molecule has 1 aliphatic heterocycles. The number of benzene rings is 1. The molecule has 0 N–H and O–H groups in total. The summed E-state index contributed by atoms with van der Waals surface area (Å²) in [5.74, 6) is 0.940. The zero-order valence-corrected chi connectivity index (χ0v) is 9.21. The molecule has 1 aliphatic rings. The van der Waals surface area contributed by atoms with Crippen molar-refractivity contribution >= 4 is 17.3 Å². The fraction of sp³-hybridized carbons (Fsp3) is 0.455. The zero-order chi connectivity index (χ0) is 10.1. The normalized spacial score (nSPS) is 20.2. The summed E-state index contributed by atoms with van der Waals surface area (Å²) in [5, 5.41) is 0.764. The molecule has 1 heterocycles. The molecule has 2 nitrogen and oxygen atoms in total. The van der Waals surface area contributed by atoms with Crippen molar-refractivity contribution in [2.75, 3.05) is 18.0 Å². The third-order valence-electron chi connectivity index (χ3n) is 2.45. The largest absolute Gasteiger partial charge is 0.487 e. The predicted molar refractivity (Wildman–Crippen MR) is 59.4 cm³/mol. The minimum atomic E-state index is 0.253. The van der Waals surface area contributed by atoms with E-state index in [2.05, 4.69) is 18.7 Å². The molecule has 1 aromatic carbocycles. The second-order valence-corrected chi connectivity index (χ2v) is 4.02. The molecule has 0 fully saturated rings. The van der Waals surface area contributed by atoms with Crippen LogP contribution in [0.4, 0.5) is 5.69 Å². The molecule has 3 heteroatoms. The molecule has 0 unspecified atom stereocenters. The Labute approximate surface area is 89.4 Å². The number of hydrogen-bond donors (Lipinski definition) is 0. The van der Waals surface area contributed by atoms with E-state index in [-0.39, 0.29) is 6.10 Å². The molecule has 0 saturated heterocycles. The van der Waals surface area contributed by atoms with Gasteiger partial charge in [0, 0.05) is 11.6 Å². The number of nitrogens with zero attached hydrogens (tertiary/aromatic N) is 1. The van der Waals surface area contributed by atoms with Crippen molar-refractivity contribution in [2.45, 2.75) is 20.0 Å². The Morgan fingerprint density at radius 3 is 3.07 bits per heavy atom. The summed E-state index contributed by atoms with van der Waals surface area (Å²) in [4.78, 5) is 2.29. The van der Waals surface area contributed by atoms with Crippen molar-refractivity contribution in [3.63, 3.8) is 0 Å². The van der Waals surface area contributed by atoms with Gasteiger partial charge < -0.3 is 9.64 Å². The Hall–Kier alpha value is -0.890. The van der Waals surface area contributed by atoms with E-state index < -0.39 is 0 Å². The summed E-state index contributed by atoms with van der Waals surface area (Å²) < 4.78 is 5.72. The van der Waals surface area contributed by atoms with Gasteiger partial charge in [0.25, 0.3) is 0 Å². The van der Waals surface area contributed by atoms with Crippen LogP contribution in [-0.2, 0) is 0 Å². The molecule has 76 valence electrons. The van der Waals surface area contributed by atoms with Crippen molar-refractivity contribution < 1.29 is 4.74 Å². The monoisotopic (exact) mass is 211 g/mol. The summed E-state index contributed by atoms with van der Waals surface area (Å²) in [5.41, 5.74) is 1.11. The highest BCUT2D eigenvalue weighted by molar-refractivity contribution is 6.30. The standard InChI is InChI=1S/C11H14ClNO/c1-3-13-7-8(2)14-11-5-4-9(12)6-10(11)13/h4-6,8H,3,7H2,1-2H3/t8-/m0/s1. The predicted octanol–water partition coefficient (Wildman–Crippen LogP) is 2.95.